The van der Waals surface area contributed by atoms with Crippen molar-refractivity contribution in [2.75, 3.05) is 50.5 Å². The van der Waals surface area contributed by atoms with Crippen LogP contribution in [0.1, 0.15) is 13.3 Å². The highest BCUT2D eigenvalue weighted by atomic mass is 16.5. The van der Waals surface area contributed by atoms with Gasteiger partial charge in [-0.15, -0.1) is 0 Å². The number of piperazine rings is 1. The molecule has 1 heterocycles. The predicted octanol–water partition coefficient (Wildman–Crippen LogP) is 1.81. The third kappa shape index (κ3) is 2.88. The van der Waals surface area contributed by atoms with Crippen LogP contribution in [-0.2, 0) is 0 Å². The molecule has 0 amide bonds. The molecule has 2 rings (SSSR count). The number of hydrogen-bond donors (Lipinski definition) is 1. The third-order valence-corrected chi connectivity index (χ3v) is 3.49. The van der Waals surface area contributed by atoms with Crippen LogP contribution in [0.15, 0.2) is 18.2 Å². The molecule has 4 nitrogen and oxygen atoms in total. The first-order chi connectivity index (χ1) is 8.74. The van der Waals surface area contributed by atoms with Gasteiger partial charge in [-0.25, -0.2) is 0 Å². The van der Waals surface area contributed by atoms with E-state index in [2.05, 4.69) is 22.8 Å². The van der Waals surface area contributed by atoms with E-state index >= 15 is 0 Å². The number of hydrogen-bond acceptors (Lipinski definition) is 4. The van der Waals surface area contributed by atoms with Crippen molar-refractivity contribution in [1.29, 1.82) is 0 Å². The van der Waals surface area contributed by atoms with Gasteiger partial charge in [-0.05, 0) is 25.1 Å². The minimum Gasteiger partial charge on any atom is -0.497 e. The van der Waals surface area contributed by atoms with Crippen LogP contribution in [0.4, 0.5) is 11.4 Å². The zero-order valence-corrected chi connectivity index (χ0v) is 11.4. The number of benzene rings is 1. The highest BCUT2D eigenvalue weighted by molar-refractivity contribution is 5.69. The van der Waals surface area contributed by atoms with Gasteiger partial charge in [0.2, 0.25) is 0 Å². The molecule has 100 valence electrons. The molecular weight excluding hydrogens is 226 g/mol. The van der Waals surface area contributed by atoms with Crippen LogP contribution in [-0.4, -0.2) is 44.7 Å². The molecule has 0 bridgehead atoms. The van der Waals surface area contributed by atoms with Gasteiger partial charge in [-0.2, -0.15) is 0 Å². The number of nitrogens with zero attached hydrogens (tertiary/aromatic N) is 2. The summed E-state index contributed by atoms with van der Waals surface area (Å²) in [4.78, 5) is 4.87. The maximum Gasteiger partial charge on any atom is 0.121 e. The van der Waals surface area contributed by atoms with Crippen molar-refractivity contribution in [2.24, 2.45) is 0 Å². The summed E-state index contributed by atoms with van der Waals surface area (Å²) in [5.74, 6) is 0.820. The van der Waals surface area contributed by atoms with Crippen LogP contribution < -0.4 is 15.4 Å². The van der Waals surface area contributed by atoms with Crippen LogP contribution in [0.5, 0.6) is 5.75 Å². The number of rotatable bonds is 4. The molecule has 0 aromatic heterocycles. The van der Waals surface area contributed by atoms with E-state index in [1.165, 1.54) is 13.0 Å². The molecule has 1 fully saturated rings. The monoisotopic (exact) mass is 249 g/mol. The number of nitrogen functional groups attached to an aromatic ring is 1. The molecule has 0 unspecified atom stereocenters. The average Bonchev–Trinajstić information content (AvgIpc) is 2.40. The second-order valence-electron chi connectivity index (χ2n) is 4.75. The highest BCUT2D eigenvalue weighted by Gasteiger charge is 2.18. The van der Waals surface area contributed by atoms with Crippen molar-refractivity contribution in [1.82, 2.24) is 4.90 Å². The van der Waals surface area contributed by atoms with Crippen LogP contribution in [0, 0.1) is 0 Å². The number of anilines is 2. The molecule has 2 N–H and O–H groups in total. The van der Waals surface area contributed by atoms with E-state index in [4.69, 9.17) is 10.5 Å². The van der Waals surface area contributed by atoms with E-state index in [0.29, 0.717) is 0 Å². The van der Waals surface area contributed by atoms with E-state index < -0.39 is 0 Å². The molecule has 1 saturated heterocycles. The van der Waals surface area contributed by atoms with Crippen LogP contribution >= 0.6 is 0 Å². The van der Waals surface area contributed by atoms with E-state index in [0.717, 1.165) is 43.3 Å². The minimum atomic E-state index is 0.804. The minimum absolute atomic E-state index is 0.804. The fraction of sp³-hybridized carbons (Fsp3) is 0.571. The molecule has 1 aromatic carbocycles. The van der Waals surface area contributed by atoms with Gasteiger partial charge in [0, 0.05) is 32.2 Å². The molecule has 18 heavy (non-hydrogen) atoms. The zero-order valence-electron chi connectivity index (χ0n) is 11.4. The summed E-state index contributed by atoms with van der Waals surface area (Å²) in [6.45, 7) is 7.78. The summed E-state index contributed by atoms with van der Waals surface area (Å²) < 4.78 is 5.18. The lowest BCUT2D eigenvalue weighted by atomic mass is 10.2. The Morgan fingerprint density at radius 1 is 1.22 bits per heavy atom. The Morgan fingerprint density at radius 3 is 2.50 bits per heavy atom. The van der Waals surface area contributed by atoms with Gasteiger partial charge in [0.25, 0.3) is 0 Å². The molecule has 1 aromatic rings. The first kappa shape index (κ1) is 13.0. The third-order valence-electron chi connectivity index (χ3n) is 3.49. The molecule has 0 aliphatic carbocycles. The largest absolute Gasteiger partial charge is 0.497 e. The zero-order chi connectivity index (χ0) is 13.0. The Hall–Kier alpha value is -1.42. The molecule has 1 aliphatic heterocycles. The Balaban J connectivity index is 2.01. The Labute approximate surface area is 109 Å². The average molecular weight is 249 g/mol. The van der Waals surface area contributed by atoms with Gasteiger partial charge in [0.05, 0.1) is 18.5 Å². The number of nitrogens with two attached hydrogens (primary N) is 1. The van der Waals surface area contributed by atoms with Crippen molar-refractivity contribution in [3.63, 3.8) is 0 Å². The van der Waals surface area contributed by atoms with Gasteiger partial charge in [-0.1, -0.05) is 6.92 Å². The van der Waals surface area contributed by atoms with Crippen molar-refractivity contribution >= 4 is 11.4 Å². The van der Waals surface area contributed by atoms with Gasteiger partial charge in [0.15, 0.2) is 0 Å². The first-order valence-electron chi connectivity index (χ1n) is 6.65. The number of methoxy groups -OCH3 is 1. The van der Waals surface area contributed by atoms with Crippen molar-refractivity contribution in [3.8, 4) is 5.75 Å². The van der Waals surface area contributed by atoms with Crippen molar-refractivity contribution in [2.45, 2.75) is 13.3 Å². The molecule has 0 radical (unpaired) electrons. The van der Waals surface area contributed by atoms with Crippen molar-refractivity contribution < 1.29 is 4.74 Å². The standard InChI is InChI=1S/C14H23N3O/c1-3-6-16-7-9-17(10-8-16)14-5-4-12(18-2)11-13(14)15/h4-5,11H,3,6-10,15H2,1-2H3. The lowest BCUT2D eigenvalue weighted by Crippen LogP contribution is -2.46. The lowest BCUT2D eigenvalue weighted by Gasteiger charge is -2.36. The topological polar surface area (TPSA) is 41.7 Å². The first-order valence-corrected chi connectivity index (χ1v) is 6.65. The summed E-state index contributed by atoms with van der Waals surface area (Å²) in [6, 6.07) is 5.93. The molecular formula is C14H23N3O. The molecule has 0 saturated carbocycles. The Kier molecular flexibility index (Phi) is 4.31. The van der Waals surface area contributed by atoms with Gasteiger partial charge in [-0.3, -0.25) is 4.90 Å². The lowest BCUT2D eigenvalue weighted by molar-refractivity contribution is 0.258. The second kappa shape index (κ2) is 5.96. The van der Waals surface area contributed by atoms with E-state index in [-0.39, 0.29) is 0 Å². The van der Waals surface area contributed by atoms with E-state index in [9.17, 15) is 0 Å². The maximum atomic E-state index is 6.09. The summed E-state index contributed by atoms with van der Waals surface area (Å²) in [5.41, 5.74) is 8.02. The fourth-order valence-electron chi connectivity index (χ4n) is 2.48. The second-order valence-corrected chi connectivity index (χ2v) is 4.75. The molecule has 0 spiro atoms. The maximum absolute atomic E-state index is 6.09. The van der Waals surface area contributed by atoms with Gasteiger partial charge >= 0.3 is 0 Å². The molecule has 4 heteroatoms. The van der Waals surface area contributed by atoms with Gasteiger partial charge < -0.3 is 15.4 Å². The van der Waals surface area contributed by atoms with Crippen LogP contribution in [0.3, 0.4) is 0 Å². The highest BCUT2D eigenvalue weighted by Crippen LogP contribution is 2.28. The predicted molar refractivity (Wildman–Crippen MR) is 76.4 cm³/mol. The summed E-state index contributed by atoms with van der Waals surface area (Å²) >= 11 is 0. The quantitative estimate of drug-likeness (QED) is 0.826. The Bertz CT molecular complexity index is 387. The Morgan fingerprint density at radius 2 is 1.94 bits per heavy atom. The van der Waals surface area contributed by atoms with E-state index in [1.54, 1.807) is 7.11 Å². The summed E-state index contributed by atoms with van der Waals surface area (Å²) in [6.07, 6.45) is 1.23. The summed E-state index contributed by atoms with van der Waals surface area (Å²) in [5, 5.41) is 0. The van der Waals surface area contributed by atoms with Crippen LogP contribution in [0.2, 0.25) is 0 Å². The summed E-state index contributed by atoms with van der Waals surface area (Å²) in [7, 11) is 1.66. The SMILES string of the molecule is CCCN1CCN(c2ccc(OC)cc2N)CC1. The smallest absolute Gasteiger partial charge is 0.121 e. The normalized spacial score (nSPS) is 16.9. The molecule has 1 aliphatic rings. The fourth-order valence-corrected chi connectivity index (χ4v) is 2.48. The van der Waals surface area contributed by atoms with Crippen LogP contribution in [0.25, 0.3) is 0 Å². The number of ether oxygens (including phenoxy) is 1. The van der Waals surface area contributed by atoms with Crippen molar-refractivity contribution in [3.05, 3.63) is 18.2 Å². The van der Waals surface area contributed by atoms with E-state index in [1.807, 2.05) is 12.1 Å². The molecule has 0 atom stereocenters. The van der Waals surface area contributed by atoms with Gasteiger partial charge in [0.1, 0.15) is 5.75 Å².